The maximum atomic E-state index is 6.03. The molecule has 21 heavy (non-hydrogen) atoms. The molecule has 1 unspecified atom stereocenters. The highest BCUT2D eigenvalue weighted by Crippen LogP contribution is 2.27. The first-order chi connectivity index (χ1) is 10.3. The molecule has 0 bridgehead atoms. The second-order valence-electron chi connectivity index (χ2n) is 5.69. The van der Waals surface area contributed by atoms with Crippen LogP contribution in [-0.4, -0.2) is 44.9 Å². The number of methoxy groups -OCH3 is 1. The van der Waals surface area contributed by atoms with Crippen LogP contribution in [0.5, 0.6) is 5.75 Å². The largest absolute Gasteiger partial charge is 0.494 e. The van der Waals surface area contributed by atoms with Crippen molar-refractivity contribution < 1.29 is 9.47 Å². The van der Waals surface area contributed by atoms with Gasteiger partial charge in [-0.1, -0.05) is 12.1 Å². The van der Waals surface area contributed by atoms with E-state index >= 15 is 0 Å². The number of piperidine rings is 1. The van der Waals surface area contributed by atoms with Crippen molar-refractivity contribution in [1.29, 1.82) is 0 Å². The number of ether oxygens (including phenoxy) is 2. The minimum Gasteiger partial charge on any atom is -0.494 e. The first kappa shape index (κ1) is 16.3. The molecule has 2 rings (SSSR count). The number of likely N-dealkylation sites (tertiary alicyclic amines) is 1. The maximum absolute atomic E-state index is 6.03. The van der Waals surface area contributed by atoms with Crippen molar-refractivity contribution in [3.8, 4) is 5.75 Å². The van der Waals surface area contributed by atoms with Crippen molar-refractivity contribution in [2.45, 2.75) is 25.8 Å². The van der Waals surface area contributed by atoms with Gasteiger partial charge in [0.25, 0.3) is 0 Å². The summed E-state index contributed by atoms with van der Waals surface area (Å²) in [6.45, 7) is 6.44. The minimum absolute atomic E-state index is 0.309. The summed E-state index contributed by atoms with van der Waals surface area (Å²) in [5, 5.41) is 0. The summed E-state index contributed by atoms with van der Waals surface area (Å²) in [6, 6.07) is 8.68. The molecular formula is C17H28N2O2. The Kier molecular flexibility index (Phi) is 6.49. The number of hydrogen-bond acceptors (Lipinski definition) is 4. The topological polar surface area (TPSA) is 47.7 Å². The van der Waals surface area contributed by atoms with Crippen LogP contribution in [0.15, 0.2) is 24.3 Å². The standard InChI is InChI=1S/C17H28N2O2/c1-3-21-16-6-4-15(5-7-16)17(12-18)19-10-8-14(9-11-19)13-20-2/h4-7,14,17H,3,8-13,18H2,1-2H3. The molecule has 0 aromatic heterocycles. The van der Waals surface area contributed by atoms with Crippen LogP contribution in [0.4, 0.5) is 0 Å². The van der Waals surface area contributed by atoms with Crippen LogP contribution in [-0.2, 0) is 4.74 Å². The third-order valence-electron chi connectivity index (χ3n) is 4.29. The zero-order valence-corrected chi connectivity index (χ0v) is 13.3. The molecule has 118 valence electrons. The number of nitrogens with two attached hydrogens (primary N) is 1. The molecule has 1 aliphatic heterocycles. The lowest BCUT2D eigenvalue weighted by molar-refractivity contribution is 0.0810. The number of rotatable bonds is 7. The summed E-state index contributed by atoms with van der Waals surface area (Å²) in [4.78, 5) is 2.50. The lowest BCUT2D eigenvalue weighted by Crippen LogP contribution is -2.40. The summed E-state index contributed by atoms with van der Waals surface area (Å²) >= 11 is 0. The second kappa shape index (κ2) is 8.37. The Morgan fingerprint density at radius 3 is 2.43 bits per heavy atom. The van der Waals surface area contributed by atoms with Gasteiger partial charge in [-0.2, -0.15) is 0 Å². The summed E-state index contributed by atoms with van der Waals surface area (Å²) < 4.78 is 10.8. The first-order valence-corrected chi connectivity index (χ1v) is 7.94. The smallest absolute Gasteiger partial charge is 0.119 e. The molecular weight excluding hydrogens is 264 g/mol. The van der Waals surface area contributed by atoms with Crippen molar-refractivity contribution in [3.05, 3.63) is 29.8 Å². The Labute approximate surface area is 128 Å². The summed E-state index contributed by atoms with van der Waals surface area (Å²) in [5.41, 5.74) is 7.31. The predicted octanol–water partition coefficient (Wildman–Crippen LogP) is 2.44. The normalized spacial score (nSPS) is 18.6. The third kappa shape index (κ3) is 4.43. The molecule has 0 radical (unpaired) electrons. The summed E-state index contributed by atoms with van der Waals surface area (Å²) in [5.74, 6) is 1.63. The van der Waals surface area contributed by atoms with E-state index in [0.29, 0.717) is 25.1 Å². The maximum Gasteiger partial charge on any atom is 0.119 e. The lowest BCUT2D eigenvalue weighted by Gasteiger charge is -2.37. The van der Waals surface area contributed by atoms with E-state index in [-0.39, 0.29) is 0 Å². The second-order valence-corrected chi connectivity index (χ2v) is 5.69. The molecule has 1 heterocycles. The molecule has 4 nitrogen and oxygen atoms in total. The van der Waals surface area contributed by atoms with Crippen LogP contribution in [0, 0.1) is 5.92 Å². The molecule has 1 saturated heterocycles. The van der Waals surface area contributed by atoms with Crippen LogP contribution in [0.3, 0.4) is 0 Å². The highest BCUT2D eigenvalue weighted by molar-refractivity contribution is 5.29. The summed E-state index contributed by atoms with van der Waals surface area (Å²) in [7, 11) is 1.79. The molecule has 0 amide bonds. The van der Waals surface area contributed by atoms with Gasteiger partial charge in [0.05, 0.1) is 6.61 Å². The molecule has 0 aliphatic carbocycles. The Morgan fingerprint density at radius 2 is 1.90 bits per heavy atom. The van der Waals surface area contributed by atoms with Gasteiger partial charge < -0.3 is 15.2 Å². The van der Waals surface area contributed by atoms with Crippen LogP contribution in [0.25, 0.3) is 0 Å². The van der Waals surface area contributed by atoms with E-state index in [1.807, 2.05) is 19.1 Å². The Hall–Kier alpha value is -1.10. The van der Waals surface area contributed by atoms with Crippen LogP contribution < -0.4 is 10.5 Å². The summed E-state index contributed by atoms with van der Waals surface area (Å²) in [6.07, 6.45) is 2.39. The van der Waals surface area contributed by atoms with Gasteiger partial charge in [0.2, 0.25) is 0 Å². The van der Waals surface area contributed by atoms with Gasteiger partial charge in [-0.3, -0.25) is 4.90 Å². The molecule has 1 fully saturated rings. The Morgan fingerprint density at radius 1 is 1.24 bits per heavy atom. The van der Waals surface area contributed by atoms with Crippen molar-refractivity contribution in [3.63, 3.8) is 0 Å². The van der Waals surface area contributed by atoms with E-state index in [1.54, 1.807) is 7.11 Å². The van der Waals surface area contributed by atoms with Gasteiger partial charge in [-0.15, -0.1) is 0 Å². The number of hydrogen-bond donors (Lipinski definition) is 1. The fraction of sp³-hybridized carbons (Fsp3) is 0.647. The van der Waals surface area contributed by atoms with E-state index in [4.69, 9.17) is 15.2 Å². The SMILES string of the molecule is CCOc1ccc(C(CN)N2CCC(COC)CC2)cc1. The van der Waals surface area contributed by atoms with Gasteiger partial charge in [0, 0.05) is 26.3 Å². The van der Waals surface area contributed by atoms with E-state index in [2.05, 4.69) is 17.0 Å². The Bertz CT molecular complexity index is 400. The monoisotopic (exact) mass is 292 g/mol. The fourth-order valence-electron chi connectivity index (χ4n) is 3.12. The average Bonchev–Trinajstić information content (AvgIpc) is 2.52. The highest BCUT2D eigenvalue weighted by atomic mass is 16.5. The third-order valence-corrected chi connectivity index (χ3v) is 4.29. The van der Waals surface area contributed by atoms with E-state index in [1.165, 1.54) is 18.4 Å². The fourth-order valence-corrected chi connectivity index (χ4v) is 3.12. The number of benzene rings is 1. The van der Waals surface area contributed by atoms with Crippen molar-refractivity contribution in [2.75, 3.05) is 40.0 Å². The van der Waals surface area contributed by atoms with Crippen molar-refractivity contribution >= 4 is 0 Å². The van der Waals surface area contributed by atoms with Crippen LogP contribution in [0.2, 0.25) is 0 Å². The zero-order chi connectivity index (χ0) is 15.1. The zero-order valence-electron chi connectivity index (χ0n) is 13.3. The van der Waals surface area contributed by atoms with Crippen LogP contribution in [0.1, 0.15) is 31.4 Å². The highest BCUT2D eigenvalue weighted by Gasteiger charge is 2.25. The average molecular weight is 292 g/mol. The van der Waals surface area contributed by atoms with Crippen molar-refractivity contribution in [2.24, 2.45) is 11.7 Å². The van der Waals surface area contributed by atoms with Gasteiger partial charge in [-0.25, -0.2) is 0 Å². The van der Waals surface area contributed by atoms with E-state index in [0.717, 1.165) is 25.4 Å². The molecule has 0 saturated carbocycles. The minimum atomic E-state index is 0.309. The molecule has 1 aromatic carbocycles. The lowest BCUT2D eigenvalue weighted by atomic mass is 9.95. The molecule has 2 N–H and O–H groups in total. The van der Waals surface area contributed by atoms with E-state index in [9.17, 15) is 0 Å². The van der Waals surface area contributed by atoms with Crippen molar-refractivity contribution in [1.82, 2.24) is 4.90 Å². The first-order valence-electron chi connectivity index (χ1n) is 7.94. The quantitative estimate of drug-likeness (QED) is 0.838. The Balaban J connectivity index is 1.96. The van der Waals surface area contributed by atoms with Gasteiger partial charge in [0.1, 0.15) is 5.75 Å². The van der Waals surface area contributed by atoms with Crippen LogP contribution >= 0.6 is 0 Å². The predicted molar refractivity (Wildman–Crippen MR) is 85.6 cm³/mol. The van der Waals surface area contributed by atoms with Gasteiger partial charge >= 0.3 is 0 Å². The number of nitrogens with zero attached hydrogens (tertiary/aromatic N) is 1. The molecule has 1 atom stereocenters. The molecule has 1 aliphatic rings. The van der Waals surface area contributed by atoms with Gasteiger partial charge in [-0.05, 0) is 56.5 Å². The molecule has 4 heteroatoms. The van der Waals surface area contributed by atoms with E-state index < -0.39 is 0 Å². The van der Waals surface area contributed by atoms with Gasteiger partial charge in [0.15, 0.2) is 0 Å². The molecule has 0 spiro atoms. The molecule has 1 aromatic rings.